The Balaban J connectivity index is 2.72. The maximum absolute atomic E-state index is 11.1. The quantitative estimate of drug-likeness (QED) is 0.509. The van der Waals surface area contributed by atoms with Crippen LogP contribution >= 0.6 is 7.60 Å². The van der Waals surface area contributed by atoms with Gasteiger partial charge in [-0.1, -0.05) is 0 Å². The summed E-state index contributed by atoms with van der Waals surface area (Å²) in [6.45, 7) is 1.87. The van der Waals surface area contributed by atoms with Crippen molar-refractivity contribution in [3.05, 3.63) is 17.7 Å². The molecule has 0 amide bonds. The fourth-order valence-electron chi connectivity index (χ4n) is 0.965. The van der Waals surface area contributed by atoms with E-state index in [2.05, 4.69) is 14.7 Å². The van der Waals surface area contributed by atoms with Crippen molar-refractivity contribution in [2.24, 2.45) is 0 Å². The van der Waals surface area contributed by atoms with Crippen molar-refractivity contribution in [3.8, 4) is 0 Å². The number of nitrogens with one attached hydrogen (secondary N) is 1. The van der Waals surface area contributed by atoms with Crippen molar-refractivity contribution in [3.63, 3.8) is 0 Å². The van der Waals surface area contributed by atoms with Crippen LogP contribution in [-0.4, -0.2) is 32.3 Å². The fourth-order valence-corrected chi connectivity index (χ4v) is 1.57. The topological polar surface area (TPSA) is 113 Å². The second-order valence-corrected chi connectivity index (χ2v) is 4.45. The third-order valence-corrected chi connectivity index (χ3v) is 2.23. The van der Waals surface area contributed by atoms with Crippen LogP contribution in [0.4, 0.5) is 0 Å². The first-order chi connectivity index (χ1) is 6.92. The fraction of sp³-hybridized carbons (Fsp3) is 0.429. The summed E-state index contributed by atoms with van der Waals surface area (Å²) in [6.07, 6.45) is 0.727. The summed E-state index contributed by atoms with van der Waals surface area (Å²) < 4.78 is 15.3. The first-order valence-electron chi connectivity index (χ1n) is 4.18. The minimum absolute atomic E-state index is 0.0553. The molecule has 0 unspecified atom stereocenters. The molecule has 3 N–H and O–H groups in total. The Morgan fingerprint density at radius 3 is 2.87 bits per heavy atom. The molecule has 1 heterocycles. The summed E-state index contributed by atoms with van der Waals surface area (Å²) in [5, 5.41) is 0. The van der Waals surface area contributed by atoms with Gasteiger partial charge in [0.2, 0.25) is 5.82 Å². The highest BCUT2D eigenvalue weighted by Crippen LogP contribution is 2.38. The Morgan fingerprint density at radius 2 is 2.33 bits per heavy atom. The van der Waals surface area contributed by atoms with E-state index in [-0.39, 0.29) is 18.1 Å². The van der Waals surface area contributed by atoms with Gasteiger partial charge in [-0.05, 0) is 6.92 Å². The molecule has 0 fully saturated rings. The van der Waals surface area contributed by atoms with E-state index in [0.29, 0.717) is 0 Å². The van der Waals surface area contributed by atoms with E-state index in [9.17, 15) is 9.36 Å². The van der Waals surface area contributed by atoms with Gasteiger partial charge in [-0.2, -0.15) is 0 Å². The molecular weight excluding hydrogens is 223 g/mol. The Kier molecular flexibility index (Phi) is 3.62. The van der Waals surface area contributed by atoms with Crippen LogP contribution < -0.4 is 0 Å². The molecule has 84 valence electrons. The highest BCUT2D eigenvalue weighted by Gasteiger charge is 2.18. The molecule has 0 radical (unpaired) electrons. The summed E-state index contributed by atoms with van der Waals surface area (Å²) in [5.41, 5.74) is 0.200. The van der Waals surface area contributed by atoms with Gasteiger partial charge in [0.05, 0.1) is 12.8 Å². The maximum Gasteiger partial charge on any atom is 0.374 e. The largest absolute Gasteiger partial charge is 0.460 e. The van der Waals surface area contributed by atoms with Gasteiger partial charge in [-0.15, -0.1) is 0 Å². The Bertz CT molecular complexity index is 396. The smallest absolute Gasteiger partial charge is 0.374 e. The van der Waals surface area contributed by atoms with Gasteiger partial charge < -0.3 is 19.5 Å². The highest BCUT2D eigenvalue weighted by atomic mass is 31.2. The van der Waals surface area contributed by atoms with Crippen molar-refractivity contribution in [2.45, 2.75) is 13.1 Å². The third kappa shape index (κ3) is 3.83. The normalized spacial score (nSPS) is 11.4. The molecule has 0 aliphatic carbocycles. The number of carbonyl (C=O) groups is 1. The lowest BCUT2D eigenvalue weighted by Crippen LogP contribution is -2.06. The van der Waals surface area contributed by atoms with Crippen molar-refractivity contribution in [1.29, 1.82) is 0 Å². The van der Waals surface area contributed by atoms with Crippen molar-refractivity contribution in [1.82, 2.24) is 9.97 Å². The lowest BCUT2D eigenvalue weighted by atomic mass is 10.6. The van der Waals surface area contributed by atoms with Crippen LogP contribution in [0.3, 0.4) is 0 Å². The summed E-state index contributed by atoms with van der Waals surface area (Å²) in [6, 6.07) is 0. The predicted molar refractivity (Wildman–Crippen MR) is 50.3 cm³/mol. The molecule has 0 aliphatic heterocycles. The molecule has 8 heteroatoms. The molecule has 15 heavy (non-hydrogen) atoms. The number of esters is 1. The van der Waals surface area contributed by atoms with Crippen LogP contribution in [-0.2, 0) is 15.5 Å². The number of aromatic amines is 1. The molecule has 1 aromatic rings. The van der Waals surface area contributed by atoms with Crippen LogP contribution in [0.5, 0.6) is 0 Å². The maximum atomic E-state index is 11.1. The van der Waals surface area contributed by atoms with E-state index in [1.165, 1.54) is 6.20 Å². The van der Waals surface area contributed by atoms with Gasteiger partial charge in [0.1, 0.15) is 0 Å². The number of nitrogens with zero attached hydrogens (tertiary/aromatic N) is 1. The second-order valence-electron chi connectivity index (χ2n) is 2.80. The summed E-state index contributed by atoms with van der Waals surface area (Å²) in [7, 11) is -4.14. The SMILES string of the molecule is CCOC(=O)c1ncc(CP(=O)(O)O)[nH]1. The Labute approximate surface area is 85.6 Å². The van der Waals surface area contributed by atoms with Crippen LogP contribution in [0.25, 0.3) is 0 Å². The molecule has 0 aliphatic rings. The lowest BCUT2D eigenvalue weighted by molar-refractivity contribution is 0.0513. The Hall–Kier alpha value is -1.17. The minimum Gasteiger partial charge on any atom is -0.460 e. The van der Waals surface area contributed by atoms with Gasteiger partial charge in [0.15, 0.2) is 0 Å². The highest BCUT2D eigenvalue weighted by molar-refractivity contribution is 7.50. The van der Waals surface area contributed by atoms with Gasteiger partial charge >= 0.3 is 13.6 Å². The van der Waals surface area contributed by atoms with E-state index in [0.717, 1.165) is 0 Å². The number of H-pyrrole nitrogens is 1. The van der Waals surface area contributed by atoms with Gasteiger partial charge in [0.25, 0.3) is 0 Å². The third-order valence-electron chi connectivity index (χ3n) is 1.47. The molecule has 0 saturated carbocycles. The van der Waals surface area contributed by atoms with Crippen LogP contribution in [0, 0.1) is 0 Å². The number of ether oxygens (including phenoxy) is 1. The number of imidazole rings is 1. The molecule has 0 spiro atoms. The molecule has 7 nitrogen and oxygen atoms in total. The minimum atomic E-state index is -4.14. The Morgan fingerprint density at radius 1 is 1.67 bits per heavy atom. The summed E-state index contributed by atoms with van der Waals surface area (Å²) in [4.78, 5) is 34.6. The standard InChI is InChI=1S/C7H11N2O5P/c1-2-14-7(10)6-8-3-5(9-6)4-15(11,12)13/h3H,2,4H2,1H3,(H,8,9)(H2,11,12,13). The van der Waals surface area contributed by atoms with E-state index in [1.54, 1.807) is 6.92 Å². The monoisotopic (exact) mass is 234 g/mol. The molecule has 0 atom stereocenters. The van der Waals surface area contributed by atoms with Gasteiger partial charge in [-0.25, -0.2) is 9.78 Å². The van der Waals surface area contributed by atoms with Gasteiger partial charge in [-0.3, -0.25) is 4.57 Å². The van der Waals surface area contributed by atoms with E-state index in [4.69, 9.17) is 9.79 Å². The van der Waals surface area contributed by atoms with Crippen LogP contribution in [0.1, 0.15) is 23.2 Å². The number of hydrogen-bond donors (Lipinski definition) is 3. The first kappa shape index (κ1) is 11.9. The van der Waals surface area contributed by atoms with Crippen molar-refractivity contribution in [2.75, 3.05) is 6.61 Å². The molecule has 1 aromatic heterocycles. The van der Waals surface area contributed by atoms with Crippen molar-refractivity contribution < 1.29 is 23.9 Å². The van der Waals surface area contributed by atoms with Gasteiger partial charge in [0, 0.05) is 11.9 Å². The molecule has 1 rings (SSSR count). The van der Waals surface area contributed by atoms with Crippen molar-refractivity contribution >= 4 is 13.6 Å². The van der Waals surface area contributed by atoms with E-state index >= 15 is 0 Å². The predicted octanol–water partition coefficient (Wildman–Crippen LogP) is 0.264. The molecular formula is C7H11N2O5P. The zero-order valence-electron chi connectivity index (χ0n) is 8.01. The summed E-state index contributed by atoms with van der Waals surface area (Å²) in [5.74, 6) is -0.699. The average Bonchev–Trinajstić information content (AvgIpc) is 2.50. The first-order valence-corrected chi connectivity index (χ1v) is 5.97. The molecule has 0 aromatic carbocycles. The van der Waals surface area contributed by atoms with E-state index in [1.807, 2.05) is 0 Å². The number of carbonyl (C=O) groups excluding carboxylic acids is 1. The number of rotatable bonds is 4. The molecule has 0 saturated heterocycles. The average molecular weight is 234 g/mol. The second kappa shape index (κ2) is 4.57. The number of aromatic nitrogens is 2. The lowest BCUT2D eigenvalue weighted by Gasteiger charge is -2.00. The number of hydrogen-bond acceptors (Lipinski definition) is 4. The molecule has 0 bridgehead atoms. The van der Waals surface area contributed by atoms with Crippen LogP contribution in [0.2, 0.25) is 0 Å². The van der Waals surface area contributed by atoms with E-state index < -0.39 is 19.7 Å². The zero-order chi connectivity index (χ0) is 11.5. The van der Waals surface area contributed by atoms with Crippen LogP contribution in [0.15, 0.2) is 6.20 Å². The summed E-state index contributed by atoms with van der Waals surface area (Å²) >= 11 is 0. The zero-order valence-corrected chi connectivity index (χ0v) is 8.90.